The Morgan fingerprint density at radius 3 is 2.52 bits per heavy atom. The minimum Gasteiger partial charge on any atom is -0.304 e. The molecule has 1 unspecified atom stereocenters. The van der Waals surface area contributed by atoms with E-state index in [-0.39, 0.29) is 6.04 Å². The summed E-state index contributed by atoms with van der Waals surface area (Å²) in [4.78, 5) is 4.83. The van der Waals surface area contributed by atoms with E-state index in [1.54, 1.807) is 0 Å². The van der Waals surface area contributed by atoms with Crippen LogP contribution in [0.1, 0.15) is 49.2 Å². The van der Waals surface area contributed by atoms with Crippen molar-refractivity contribution in [3.8, 4) is 0 Å². The maximum atomic E-state index is 6.58. The van der Waals surface area contributed by atoms with Crippen LogP contribution < -0.4 is 0 Å². The number of benzene rings is 1. The summed E-state index contributed by atoms with van der Waals surface area (Å²) < 4.78 is 2.07. The van der Waals surface area contributed by atoms with Gasteiger partial charge in [-0.05, 0) is 41.9 Å². The van der Waals surface area contributed by atoms with Crippen LogP contribution in [-0.4, -0.2) is 63.2 Å². The first kappa shape index (κ1) is 16.9. The van der Waals surface area contributed by atoms with Gasteiger partial charge >= 0.3 is 0 Å². The monoisotopic (exact) mass is 360 g/mol. The largest absolute Gasteiger partial charge is 0.304 e. The first-order valence-electron chi connectivity index (χ1n) is 9.19. The molecule has 1 aliphatic heterocycles. The van der Waals surface area contributed by atoms with E-state index in [1.165, 1.54) is 12.8 Å². The van der Waals surface area contributed by atoms with E-state index in [0.717, 1.165) is 55.4 Å². The van der Waals surface area contributed by atoms with Crippen LogP contribution in [0.3, 0.4) is 0 Å². The lowest BCUT2D eigenvalue weighted by atomic mass is 10.0. The summed E-state index contributed by atoms with van der Waals surface area (Å²) in [6.45, 7) is 4.08. The van der Waals surface area contributed by atoms with Gasteiger partial charge in [0, 0.05) is 31.2 Å². The first-order chi connectivity index (χ1) is 12.2. The van der Waals surface area contributed by atoms with E-state index in [9.17, 15) is 0 Å². The molecule has 25 heavy (non-hydrogen) atoms. The zero-order chi connectivity index (χ0) is 17.2. The predicted octanol–water partition coefficient (Wildman–Crippen LogP) is 2.78. The second kappa shape index (κ2) is 7.40. The van der Waals surface area contributed by atoms with Crippen molar-refractivity contribution in [1.29, 1.82) is 0 Å². The molecule has 6 nitrogen and oxygen atoms in total. The Labute approximate surface area is 153 Å². The van der Waals surface area contributed by atoms with Gasteiger partial charge in [0.15, 0.2) is 5.82 Å². The predicted molar refractivity (Wildman–Crippen MR) is 97.7 cm³/mol. The zero-order valence-electron chi connectivity index (χ0n) is 14.7. The number of rotatable bonds is 4. The normalized spacial score (nSPS) is 21.7. The van der Waals surface area contributed by atoms with Gasteiger partial charge in [0.05, 0.1) is 12.1 Å². The topological polar surface area (TPSA) is 50.1 Å². The van der Waals surface area contributed by atoms with Gasteiger partial charge in [-0.1, -0.05) is 42.6 Å². The Morgan fingerprint density at radius 1 is 1.08 bits per heavy atom. The minimum atomic E-state index is 0.0120. The quantitative estimate of drug-likeness (QED) is 0.839. The summed E-state index contributed by atoms with van der Waals surface area (Å²) in [5, 5.41) is 13.6. The number of halogens is 1. The molecule has 2 aliphatic rings. The number of hydrogen-bond acceptors (Lipinski definition) is 5. The summed E-state index contributed by atoms with van der Waals surface area (Å²) in [6.07, 6.45) is 4.84. The van der Waals surface area contributed by atoms with Crippen LogP contribution in [0.5, 0.6) is 0 Å². The van der Waals surface area contributed by atoms with Crippen LogP contribution in [0.4, 0.5) is 0 Å². The van der Waals surface area contributed by atoms with Crippen LogP contribution in [0.15, 0.2) is 24.3 Å². The summed E-state index contributed by atoms with van der Waals surface area (Å²) in [5.41, 5.74) is 1.10. The third-order valence-electron chi connectivity index (χ3n) is 5.54. The van der Waals surface area contributed by atoms with E-state index < -0.39 is 0 Å². The average molecular weight is 361 g/mol. The fourth-order valence-corrected chi connectivity index (χ4v) is 4.30. The Bertz CT molecular complexity index is 703. The van der Waals surface area contributed by atoms with E-state index in [2.05, 4.69) is 43.1 Å². The van der Waals surface area contributed by atoms with Crippen molar-refractivity contribution in [2.45, 2.75) is 37.8 Å². The fourth-order valence-electron chi connectivity index (χ4n) is 4.07. The molecular formula is C18H25ClN6. The lowest BCUT2D eigenvalue weighted by molar-refractivity contribution is 0.120. The van der Waals surface area contributed by atoms with Crippen molar-refractivity contribution < 1.29 is 0 Å². The molecular weight excluding hydrogens is 336 g/mol. The van der Waals surface area contributed by atoms with Crippen LogP contribution in [0.2, 0.25) is 5.02 Å². The van der Waals surface area contributed by atoms with Gasteiger partial charge in [-0.2, -0.15) is 0 Å². The zero-order valence-corrected chi connectivity index (χ0v) is 15.4. The molecule has 2 heterocycles. The highest BCUT2D eigenvalue weighted by Gasteiger charge is 2.33. The molecule has 0 bridgehead atoms. The number of piperazine rings is 1. The van der Waals surface area contributed by atoms with Gasteiger partial charge in [0.1, 0.15) is 0 Å². The second-order valence-corrected chi connectivity index (χ2v) is 7.59. The Morgan fingerprint density at radius 2 is 1.80 bits per heavy atom. The fraction of sp³-hybridized carbons (Fsp3) is 0.611. The third-order valence-corrected chi connectivity index (χ3v) is 5.88. The van der Waals surface area contributed by atoms with Crippen molar-refractivity contribution in [2.24, 2.45) is 0 Å². The molecule has 0 radical (unpaired) electrons. The Hall–Kier alpha value is -1.50. The van der Waals surface area contributed by atoms with Crippen molar-refractivity contribution in [3.63, 3.8) is 0 Å². The third kappa shape index (κ3) is 3.43. The summed E-state index contributed by atoms with van der Waals surface area (Å²) >= 11 is 6.58. The average Bonchev–Trinajstić information content (AvgIpc) is 3.30. The van der Waals surface area contributed by atoms with Crippen LogP contribution >= 0.6 is 11.6 Å². The molecule has 1 aromatic carbocycles. The molecule has 1 saturated carbocycles. The van der Waals surface area contributed by atoms with Gasteiger partial charge < -0.3 is 4.90 Å². The molecule has 0 amide bonds. The van der Waals surface area contributed by atoms with E-state index in [1.807, 2.05) is 18.2 Å². The van der Waals surface area contributed by atoms with E-state index >= 15 is 0 Å². The number of tetrazole rings is 1. The molecule has 4 rings (SSSR count). The lowest BCUT2D eigenvalue weighted by Crippen LogP contribution is -2.46. The van der Waals surface area contributed by atoms with Crippen molar-refractivity contribution in [1.82, 2.24) is 30.0 Å². The minimum absolute atomic E-state index is 0.0120. The molecule has 1 aliphatic carbocycles. The van der Waals surface area contributed by atoms with Gasteiger partial charge in [-0.3, -0.25) is 4.90 Å². The summed E-state index contributed by atoms with van der Waals surface area (Å²) in [5.74, 6) is 0.935. The smallest absolute Gasteiger partial charge is 0.173 e. The molecule has 2 aromatic rings. The maximum absolute atomic E-state index is 6.58. The number of nitrogens with zero attached hydrogens (tertiary/aromatic N) is 6. The molecule has 1 saturated heterocycles. The maximum Gasteiger partial charge on any atom is 0.173 e. The molecule has 1 atom stereocenters. The SMILES string of the molecule is CN1CCN(C(c2ccccc2Cl)c2nnnn2C2CCCC2)CC1. The van der Waals surface area contributed by atoms with Crippen LogP contribution in [0, 0.1) is 0 Å². The van der Waals surface area contributed by atoms with E-state index in [4.69, 9.17) is 11.6 Å². The van der Waals surface area contributed by atoms with Gasteiger partial charge in [0.25, 0.3) is 0 Å². The van der Waals surface area contributed by atoms with E-state index in [0.29, 0.717) is 6.04 Å². The molecule has 1 aromatic heterocycles. The van der Waals surface area contributed by atoms with Crippen molar-refractivity contribution in [2.75, 3.05) is 33.2 Å². The molecule has 0 spiro atoms. The molecule has 2 fully saturated rings. The van der Waals surface area contributed by atoms with Crippen LogP contribution in [-0.2, 0) is 0 Å². The number of hydrogen-bond donors (Lipinski definition) is 0. The van der Waals surface area contributed by atoms with Crippen LogP contribution in [0.25, 0.3) is 0 Å². The summed E-state index contributed by atoms with van der Waals surface area (Å²) in [7, 11) is 2.17. The van der Waals surface area contributed by atoms with Gasteiger partial charge in [-0.25, -0.2) is 4.68 Å². The number of likely N-dealkylation sites (N-methyl/N-ethyl adjacent to an activating group) is 1. The number of aromatic nitrogens is 4. The molecule has 0 N–H and O–H groups in total. The summed E-state index contributed by atoms with van der Waals surface area (Å²) in [6, 6.07) is 8.53. The van der Waals surface area contributed by atoms with Gasteiger partial charge in [-0.15, -0.1) is 5.10 Å². The van der Waals surface area contributed by atoms with Gasteiger partial charge in [0.2, 0.25) is 0 Å². The highest BCUT2D eigenvalue weighted by Crippen LogP contribution is 2.36. The van der Waals surface area contributed by atoms with Crippen molar-refractivity contribution >= 4 is 11.6 Å². The molecule has 7 heteroatoms. The highest BCUT2D eigenvalue weighted by molar-refractivity contribution is 6.31. The Kier molecular flexibility index (Phi) is 5.01. The standard InChI is InChI=1S/C18H25ClN6/c1-23-10-12-24(13-11-23)17(15-8-4-5-9-16(15)19)18-20-21-22-25(18)14-6-2-3-7-14/h4-5,8-9,14,17H,2-3,6-7,10-13H2,1H3. The van der Waals surface area contributed by atoms with Crippen molar-refractivity contribution in [3.05, 3.63) is 40.7 Å². The molecule has 134 valence electrons. The first-order valence-corrected chi connectivity index (χ1v) is 9.56. The lowest BCUT2D eigenvalue weighted by Gasteiger charge is -2.38. The second-order valence-electron chi connectivity index (χ2n) is 7.18. The highest BCUT2D eigenvalue weighted by atomic mass is 35.5. The Balaban J connectivity index is 1.73.